The van der Waals surface area contributed by atoms with E-state index in [1.54, 1.807) is 7.11 Å². The molecule has 0 aliphatic carbocycles. The summed E-state index contributed by atoms with van der Waals surface area (Å²) in [5, 5.41) is 9.51. The molecule has 0 aliphatic rings. The average Bonchev–Trinajstić information content (AvgIpc) is 2.64. The van der Waals surface area contributed by atoms with Crippen LogP contribution in [0.15, 0.2) is 42.5 Å². The highest BCUT2D eigenvalue weighted by molar-refractivity contribution is 5.96. The Bertz CT molecular complexity index is 834. The molecule has 2 aromatic rings. The Morgan fingerprint density at radius 3 is 2.56 bits per heavy atom. The minimum absolute atomic E-state index is 0.101. The molecule has 0 saturated carbocycles. The molecule has 0 unspecified atom stereocenters. The van der Waals surface area contributed by atoms with E-state index in [0.29, 0.717) is 17.2 Å². The lowest BCUT2D eigenvalue weighted by Crippen LogP contribution is -2.06. The Morgan fingerprint density at radius 2 is 1.96 bits per heavy atom. The summed E-state index contributed by atoms with van der Waals surface area (Å²) in [7, 11) is 1.57. The number of carboxylic acid groups (broad SMARTS) is 1. The van der Waals surface area contributed by atoms with Crippen molar-refractivity contribution < 1.29 is 19.4 Å². The fourth-order valence-electron chi connectivity index (χ4n) is 3.04. The van der Waals surface area contributed by atoms with Crippen LogP contribution in [0.1, 0.15) is 54.5 Å². The van der Waals surface area contributed by atoms with Crippen LogP contribution in [-0.2, 0) is 16.0 Å². The molecular formula is C23H28O4. The Morgan fingerprint density at radius 1 is 1.22 bits per heavy atom. The van der Waals surface area contributed by atoms with Gasteiger partial charge in [-0.1, -0.05) is 51.1 Å². The van der Waals surface area contributed by atoms with Gasteiger partial charge in [-0.15, -0.1) is 0 Å². The van der Waals surface area contributed by atoms with Gasteiger partial charge in [0.05, 0.1) is 0 Å². The summed E-state index contributed by atoms with van der Waals surface area (Å²) in [5.74, 6) is -0.0279. The van der Waals surface area contributed by atoms with Gasteiger partial charge in [0.15, 0.2) is 6.79 Å². The molecule has 0 aliphatic heterocycles. The Hall–Kier alpha value is -2.59. The first-order valence-electron chi connectivity index (χ1n) is 9.17. The van der Waals surface area contributed by atoms with Crippen LogP contribution in [0.25, 0.3) is 5.57 Å². The van der Waals surface area contributed by atoms with Gasteiger partial charge in [-0.3, -0.25) is 0 Å². The molecule has 0 amide bonds. The van der Waals surface area contributed by atoms with Crippen LogP contribution >= 0.6 is 0 Å². The van der Waals surface area contributed by atoms with Crippen LogP contribution in [0.3, 0.4) is 0 Å². The van der Waals surface area contributed by atoms with Crippen LogP contribution in [0.2, 0.25) is 0 Å². The number of rotatable bonds is 8. The second-order valence-electron chi connectivity index (χ2n) is 6.87. The van der Waals surface area contributed by atoms with E-state index in [0.717, 1.165) is 34.2 Å². The van der Waals surface area contributed by atoms with Crippen LogP contribution < -0.4 is 4.74 Å². The van der Waals surface area contributed by atoms with E-state index in [2.05, 4.69) is 26.8 Å². The smallest absolute Gasteiger partial charge is 0.328 e. The lowest BCUT2D eigenvalue weighted by molar-refractivity contribution is -0.131. The number of aryl methyl sites for hydroxylation is 2. The summed E-state index contributed by atoms with van der Waals surface area (Å²) in [6.45, 7) is 8.39. The van der Waals surface area contributed by atoms with Crippen molar-refractivity contribution in [3.8, 4) is 5.75 Å². The molecule has 144 valence electrons. The van der Waals surface area contributed by atoms with E-state index in [1.165, 1.54) is 6.08 Å². The lowest BCUT2D eigenvalue weighted by atomic mass is 9.89. The molecule has 2 rings (SSSR count). The van der Waals surface area contributed by atoms with Gasteiger partial charge in [0.1, 0.15) is 5.75 Å². The van der Waals surface area contributed by atoms with Crippen LogP contribution in [0.4, 0.5) is 0 Å². The third-order valence-electron chi connectivity index (χ3n) is 4.49. The second-order valence-corrected chi connectivity index (χ2v) is 6.87. The van der Waals surface area contributed by atoms with Crippen LogP contribution in [0, 0.1) is 6.92 Å². The molecule has 0 radical (unpaired) electrons. The molecule has 4 heteroatoms. The first-order valence-corrected chi connectivity index (χ1v) is 9.17. The normalized spacial score (nSPS) is 11.7. The van der Waals surface area contributed by atoms with Crippen LogP contribution in [-0.4, -0.2) is 25.0 Å². The highest BCUT2D eigenvalue weighted by Crippen LogP contribution is 2.37. The number of hydrogen-bond acceptors (Lipinski definition) is 3. The zero-order valence-corrected chi connectivity index (χ0v) is 16.7. The van der Waals surface area contributed by atoms with Gasteiger partial charge < -0.3 is 14.6 Å². The quantitative estimate of drug-likeness (QED) is 0.515. The number of carboxylic acids is 1. The van der Waals surface area contributed by atoms with Gasteiger partial charge in [0.2, 0.25) is 0 Å². The molecule has 0 aromatic heterocycles. The molecule has 2 aromatic carbocycles. The first kappa shape index (κ1) is 20.7. The predicted molar refractivity (Wildman–Crippen MR) is 108 cm³/mol. The second kappa shape index (κ2) is 9.38. The van der Waals surface area contributed by atoms with Crippen molar-refractivity contribution in [2.45, 2.75) is 40.0 Å². The number of carbonyl (C=O) groups is 1. The van der Waals surface area contributed by atoms with Crippen molar-refractivity contribution in [2.75, 3.05) is 13.9 Å². The maximum absolute atomic E-state index is 11.6. The van der Waals surface area contributed by atoms with Gasteiger partial charge in [0, 0.05) is 18.7 Å². The van der Waals surface area contributed by atoms with E-state index < -0.39 is 5.97 Å². The largest absolute Gasteiger partial charge is 0.478 e. The molecular weight excluding hydrogens is 340 g/mol. The standard InChI is InChI=1S/C23H28O4/c1-6-17-8-7-9-18(11-17)20(13-22(24)25)21-12-19(15(2)3)10-16(4)23(21)27-14-26-5/h7-13,15H,6,14H2,1-5H3,(H,24,25). The number of methoxy groups -OCH3 is 1. The van der Waals surface area contributed by atoms with Crippen molar-refractivity contribution in [2.24, 2.45) is 0 Å². The molecule has 4 nitrogen and oxygen atoms in total. The first-order chi connectivity index (χ1) is 12.9. The molecule has 0 heterocycles. The van der Waals surface area contributed by atoms with E-state index >= 15 is 0 Å². The number of aliphatic carboxylic acids is 1. The molecule has 1 N–H and O–H groups in total. The van der Waals surface area contributed by atoms with Gasteiger partial charge in [-0.05, 0) is 53.2 Å². The van der Waals surface area contributed by atoms with E-state index in [-0.39, 0.29) is 6.79 Å². The fourth-order valence-corrected chi connectivity index (χ4v) is 3.04. The summed E-state index contributed by atoms with van der Waals surface area (Å²) < 4.78 is 10.9. The van der Waals surface area contributed by atoms with Crippen molar-refractivity contribution in [1.82, 2.24) is 0 Å². The Labute approximate surface area is 161 Å². The topological polar surface area (TPSA) is 55.8 Å². The molecule has 0 atom stereocenters. The highest BCUT2D eigenvalue weighted by atomic mass is 16.7. The number of ether oxygens (including phenoxy) is 2. The summed E-state index contributed by atoms with van der Waals surface area (Å²) in [6, 6.07) is 12.1. The van der Waals surface area contributed by atoms with Crippen molar-refractivity contribution in [1.29, 1.82) is 0 Å². The highest BCUT2D eigenvalue weighted by Gasteiger charge is 2.18. The molecule has 0 bridgehead atoms. The summed E-state index contributed by atoms with van der Waals surface area (Å²) >= 11 is 0. The van der Waals surface area contributed by atoms with Gasteiger partial charge >= 0.3 is 5.97 Å². The summed E-state index contributed by atoms with van der Waals surface area (Å²) in [4.78, 5) is 11.6. The minimum atomic E-state index is -0.989. The monoisotopic (exact) mass is 368 g/mol. The third-order valence-corrected chi connectivity index (χ3v) is 4.49. The zero-order chi connectivity index (χ0) is 20.0. The summed E-state index contributed by atoms with van der Waals surface area (Å²) in [6.07, 6.45) is 2.14. The number of hydrogen-bond donors (Lipinski definition) is 1. The SMILES string of the molecule is CCc1cccc(C(=CC(=O)O)c2cc(C(C)C)cc(C)c2OCOC)c1. The third kappa shape index (κ3) is 5.20. The Kier molecular flexibility index (Phi) is 7.19. The van der Waals surface area contributed by atoms with E-state index in [9.17, 15) is 9.90 Å². The van der Waals surface area contributed by atoms with Crippen molar-refractivity contribution in [3.05, 3.63) is 70.3 Å². The Balaban J connectivity index is 2.74. The van der Waals surface area contributed by atoms with E-state index in [4.69, 9.17) is 9.47 Å². The maximum Gasteiger partial charge on any atom is 0.328 e. The van der Waals surface area contributed by atoms with Gasteiger partial charge in [-0.25, -0.2) is 4.79 Å². The van der Waals surface area contributed by atoms with E-state index in [1.807, 2.05) is 37.3 Å². The fraction of sp³-hybridized carbons (Fsp3) is 0.348. The zero-order valence-electron chi connectivity index (χ0n) is 16.7. The van der Waals surface area contributed by atoms with Crippen LogP contribution in [0.5, 0.6) is 5.75 Å². The van der Waals surface area contributed by atoms with Crippen molar-refractivity contribution in [3.63, 3.8) is 0 Å². The molecule has 0 spiro atoms. The van der Waals surface area contributed by atoms with Gasteiger partial charge in [0.25, 0.3) is 0 Å². The number of benzene rings is 2. The average molecular weight is 368 g/mol. The molecule has 0 fully saturated rings. The molecule has 0 saturated heterocycles. The maximum atomic E-state index is 11.6. The predicted octanol–water partition coefficient (Wildman–Crippen LogP) is 5.18. The minimum Gasteiger partial charge on any atom is -0.478 e. The summed E-state index contributed by atoms with van der Waals surface area (Å²) in [5.41, 5.74) is 5.51. The molecule has 27 heavy (non-hydrogen) atoms. The van der Waals surface area contributed by atoms with Crippen molar-refractivity contribution >= 4 is 11.5 Å². The van der Waals surface area contributed by atoms with Gasteiger partial charge in [-0.2, -0.15) is 0 Å². The lowest BCUT2D eigenvalue weighted by Gasteiger charge is -2.19.